The maximum atomic E-state index is 10.8. The standard InChI is InChI=1S/C7H5Cl2NO.C7H4O/c8-6-4(7(9)11)2-1-3-5(6)10;8-7-5-1-2-6(7)4-3-5/h1-3H,10H2;1-4H. The quantitative estimate of drug-likeness (QED) is 0.638. The molecule has 19 heavy (non-hydrogen) atoms. The fraction of sp³-hybridized carbons (Fsp3) is 0. The normalized spacial score (nSPS) is 14.7. The molecule has 5 heteroatoms. The minimum absolute atomic E-state index is 0.185. The van der Waals surface area contributed by atoms with E-state index in [1.807, 2.05) is 24.3 Å². The second-order valence-corrected chi connectivity index (χ2v) is 4.61. The Balaban J connectivity index is 0.000000146. The van der Waals surface area contributed by atoms with E-state index in [0.717, 1.165) is 11.1 Å². The van der Waals surface area contributed by atoms with Crippen LogP contribution in [0.1, 0.15) is 10.4 Å². The predicted molar refractivity (Wildman–Crippen MR) is 76.4 cm³/mol. The van der Waals surface area contributed by atoms with Crippen LogP contribution in [0.5, 0.6) is 0 Å². The molecule has 96 valence electrons. The second kappa shape index (κ2) is 5.43. The summed E-state index contributed by atoms with van der Waals surface area (Å²) in [4.78, 5) is 21.4. The molecule has 0 saturated heterocycles. The molecule has 2 aliphatic carbocycles. The van der Waals surface area contributed by atoms with Gasteiger partial charge in [0.1, 0.15) is 0 Å². The van der Waals surface area contributed by atoms with E-state index < -0.39 is 5.24 Å². The number of anilines is 1. The first kappa shape index (κ1) is 13.6. The van der Waals surface area contributed by atoms with Crippen molar-refractivity contribution in [1.82, 2.24) is 0 Å². The molecule has 0 atom stereocenters. The highest BCUT2D eigenvalue weighted by Crippen LogP contribution is 2.24. The maximum absolute atomic E-state index is 10.8. The molecule has 3 rings (SSSR count). The largest absolute Gasteiger partial charge is 0.398 e. The van der Waals surface area contributed by atoms with Crippen molar-refractivity contribution in [1.29, 1.82) is 0 Å². The molecular formula is C14H9Cl2NO2. The van der Waals surface area contributed by atoms with Gasteiger partial charge in [0.05, 0.1) is 16.3 Å². The molecule has 0 amide bonds. The van der Waals surface area contributed by atoms with E-state index in [1.165, 1.54) is 6.07 Å². The van der Waals surface area contributed by atoms with E-state index in [4.69, 9.17) is 28.9 Å². The first-order valence-corrected chi connectivity index (χ1v) is 6.15. The molecule has 0 radical (unpaired) electrons. The summed E-state index contributed by atoms with van der Waals surface area (Å²) in [7, 11) is 0. The van der Waals surface area contributed by atoms with Crippen LogP contribution in [-0.2, 0) is 4.79 Å². The summed E-state index contributed by atoms with van der Waals surface area (Å²) in [5.41, 5.74) is 7.69. The smallest absolute Gasteiger partial charge is 0.253 e. The topological polar surface area (TPSA) is 60.2 Å². The molecule has 0 saturated carbocycles. The molecule has 0 unspecified atom stereocenters. The Morgan fingerprint density at radius 1 is 1.11 bits per heavy atom. The molecule has 2 aliphatic rings. The van der Waals surface area contributed by atoms with Gasteiger partial charge in [0.25, 0.3) is 5.24 Å². The van der Waals surface area contributed by atoms with Crippen LogP contribution in [0.25, 0.3) is 0 Å². The SMILES string of the molecule is Nc1cccc(C(=O)Cl)c1Cl.O=C1C2=CC=C1C=C2. The molecule has 0 spiro atoms. The first-order valence-electron chi connectivity index (χ1n) is 5.39. The van der Waals surface area contributed by atoms with E-state index in [0.29, 0.717) is 5.69 Å². The van der Waals surface area contributed by atoms with Crippen molar-refractivity contribution >= 4 is 39.9 Å². The number of nitrogens with two attached hydrogens (primary N) is 1. The van der Waals surface area contributed by atoms with Crippen molar-refractivity contribution in [3.8, 4) is 0 Å². The van der Waals surface area contributed by atoms with Crippen molar-refractivity contribution in [2.75, 3.05) is 5.73 Å². The Bertz CT molecular complexity index is 633. The fourth-order valence-corrected chi connectivity index (χ4v) is 2.06. The summed E-state index contributed by atoms with van der Waals surface area (Å²) >= 11 is 10.9. The van der Waals surface area contributed by atoms with E-state index in [9.17, 15) is 9.59 Å². The van der Waals surface area contributed by atoms with Crippen LogP contribution >= 0.6 is 23.2 Å². The minimum atomic E-state index is -0.595. The number of halogens is 2. The highest BCUT2D eigenvalue weighted by Gasteiger charge is 2.19. The van der Waals surface area contributed by atoms with Crippen molar-refractivity contribution < 1.29 is 9.59 Å². The fourth-order valence-electron chi connectivity index (χ4n) is 1.64. The van der Waals surface area contributed by atoms with Gasteiger partial charge in [-0.15, -0.1) is 0 Å². The Morgan fingerprint density at radius 2 is 1.68 bits per heavy atom. The van der Waals surface area contributed by atoms with Gasteiger partial charge in [0.2, 0.25) is 0 Å². The summed E-state index contributed by atoms with van der Waals surface area (Å²) in [6.07, 6.45) is 7.38. The summed E-state index contributed by atoms with van der Waals surface area (Å²) in [6.45, 7) is 0. The minimum Gasteiger partial charge on any atom is -0.398 e. The zero-order valence-electron chi connectivity index (χ0n) is 9.69. The Morgan fingerprint density at radius 3 is 2.00 bits per heavy atom. The third-order valence-corrected chi connectivity index (χ3v) is 3.28. The van der Waals surface area contributed by atoms with Gasteiger partial charge in [-0.3, -0.25) is 9.59 Å². The molecule has 1 aromatic rings. The number of allylic oxidation sites excluding steroid dienone is 6. The Labute approximate surface area is 120 Å². The average Bonchev–Trinajstić information content (AvgIpc) is 2.91. The summed E-state index contributed by atoms with van der Waals surface area (Å²) in [6, 6.07) is 4.75. The van der Waals surface area contributed by atoms with Crippen LogP contribution in [0.4, 0.5) is 5.69 Å². The number of nitrogen functional groups attached to an aromatic ring is 1. The lowest BCUT2D eigenvalue weighted by Gasteiger charge is -1.99. The zero-order valence-corrected chi connectivity index (χ0v) is 11.2. The third-order valence-electron chi connectivity index (χ3n) is 2.65. The molecule has 2 N–H and O–H groups in total. The van der Waals surface area contributed by atoms with E-state index in [1.54, 1.807) is 12.1 Å². The van der Waals surface area contributed by atoms with Gasteiger partial charge in [0.15, 0.2) is 5.78 Å². The number of rotatable bonds is 1. The highest BCUT2D eigenvalue weighted by atomic mass is 35.5. The van der Waals surface area contributed by atoms with Crippen LogP contribution in [0, 0.1) is 0 Å². The number of carbonyl (C=O) groups excluding carboxylic acids is 2. The highest BCUT2D eigenvalue weighted by molar-refractivity contribution is 6.68. The molecule has 1 aromatic carbocycles. The number of fused-ring (bicyclic) bond motifs is 2. The van der Waals surface area contributed by atoms with E-state index in [-0.39, 0.29) is 16.4 Å². The van der Waals surface area contributed by atoms with Gasteiger partial charge in [-0.05, 0) is 23.7 Å². The molecule has 0 fully saturated rings. The van der Waals surface area contributed by atoms with Gasteiger partial charge in [0, 0.05) is 11.1 Å². The number of Topliss-reactive ketones (excluding diaryl/α,β-unsaturated/α-hetero) is 1. The van der Waals surface area contributed by atoms with E-state index >= 15 is 0 Å². The van der Waals surface area contributed by atoms with Crippen LogP contribution in [0.15, 0.2) is 53.6 Å². The number of ketones is 1. The lowest BCUT2D eigenvalue weighted by atomic mass is 10.2. The number of benzene rings is 1. The van der Waals surface area contributed by atoms with Crippen LogP contribution in [-0.4, -0.2) is 11.0 Å². The third kappa shape index (κ3) is 2.78. The number of hydrogen-bond donors (Lipinski definition) is 1. The lowest BCUT2D eigenvalue weighted by Crippen LogP contribution is -1.94. The second-order valence-electron chi connectivity index (χ2n) is 3.89. The zero-order chi connectivity index (χ0) is 14.0. The molecule has 0 aromatic heterocycles. The van der Waals surface area contributed by atoms with Crippen LogP contribution in [0.2, 0.25) is 5.02 Å². The van der Waals surface area contributed by atoms with Gasteiger partial charge in [-0.2, -0.15) is 0 Å². The van der Waals surface area contributed by atoms with Gasteiger partial charge < -0.3 is 5.73 Å². The lowest BCUT2D eigenvalue weighted by molar-refractivity contribution is -0.111. The van der Waals surface area contributed by atoms with Gasteiger partial charge in [-0.1, -0.05) is 42.0 Å². The monoisotopic (exact) mass is 293 g/mol. The summed E-state index contributed by atoms with van der Waals surface area (Å²) < 4.78 is 0. The number of hydrogen-bond acceptors (Lipinski definition) is 3. The first-order chi connectivity index (χ1) is 9.00. The van der Waals surface area contributed by atoms with E-state index in [2.05, 4.69) is 0 Å². The van der Waals surface area contributed by atoms with Crippen LogP contribution in [0.3, 0.4) is 0 Å². The Kier molecular flexibility index (Phi) is 3.88. The maximum Gasteiger partial charge on any atom is 0.253 e. The van der Waals surface area contributed by atoms with Gasteiger partial charge >= 0.3 is 0 Å². The van der Waals surface area contributed by atoms with Crippen molar-refractivity contribution in [3.63, 3.8) is 0 Å². The molecular weight excluding hydrogens is 285 g/mol. The predicted octanol–water partition coefficient (Wildman–Crippen LogP) is 3.29. The van der Waals surface area contributed by atoms with Crippen molar-refractivity contribution in [3.05, 3.63) is 64.2 Å². The van der Waals surface area contributed by atoms with Crippen molar-refractivity contribution in [2.24, 2.45) is 0 Å². The van der Waals surface area contributed by atoms with Crippen LogP contribution < -0.4 is 5.73 Å². The average molecular weight is 294 g/mol. The van der Waals surface area contributed by atoms with Gasteiger partial charge in [-0.25, -0.2) is 0 Å². The summed E-state index contributed by atoms with van der Waals surface area (Å²) in [5.74, 6) is 0.185. The summed E-state index contributed by atoms with van der Waals surface area (Å²) in [5, 5.41) is -0.380. The molecule has 2 bridgehead atoms. The molecule has 0 aliphatic heterocycles. The molecule has 0 heterocycles. The van der Waals surface area contributed by atoms with Crippen molar-refractivity contribution in [2.45, 2.75) is 0 Å². The Hall–Kier alpha value is -1.84. The molecule has 3 nitrogen and oxygen atoms in total. The number of carbonyl (C=O) groups is 2.